The molecule has 0 saturated carbocycles. The summed E-state index contributed by atoms with van der Waals surface area (Å²) in [6.45, 7) is 8.88. The molecular weight excluding hydrogens is 172 g/mol. The van der Waals surface area contributed by atoms with E-state index >= 15 is 0 Å². The molecule has 0 aromatic carbocycles. The van der Waals surface area contributed by atoms with E-state index in [1.807, 2.05) is 12.4 Å². The molecule has 2 nitrogen and oxygen atoms in total. The lowest BCUT2D eigenvalue weighted by Crippen LogP contribution is -2.32. The first kappa shape index (κ1) is 11.2. The molecule has 14 heavy (non-hydrogen) atoms. The van der Waals surface area contributed by atoms with E-state index in [0.29, 0.717) is 18.0 Å². The molecule has 0 aliphatic heterocycles. The summed E-state index contributed by atoms with van der Waals surface area (Å²) < 4.78 is 0. The standard InChI is InChI=1S/C12H20N2/c1-9(2)10(3)14-11(4)12-5-7-13-8-6-12/h5-11,14H,1-4H3/t10-,11+/m0/s1. The molecule has 0 saturated heterocycles. The highest BCUT2D eigenvalue weighted by atomic mass is 14.9. The van der Waals surface area contributed by atoms with Crippen molar-refractivity contribution in [3.8, 4) is 0 Å². The largest absolute Gasteiger partial charge is 0.307 e. The van der Waals surface area contributed by atoms with Crippen LogP contribution >= 0.6 is 0 Å². The molecule has 2 heteroatoms. The minimum absolute atomic E-state index is 0.399. The smallest absolute Gasteiger partial charge is 0.0295 e. The molecule has 0 fully saturated rings. The van der Waals surface area contributed by atoms with Gasteiger partial charge in [0.25, 0.3) is 0 Å². The molecule has 78 valence electrons. The SMILES string of the molecule is CC(C)[C@H](C)N[C@H](C)c1ccncc1. The van der Waals surface area contributed by atoms with E-state index in [1.165, 1.54) is 5.56 Å². The van der Waals surface area contributed by atoms with Crippen LogP contribution in [0.2, 0.25) is 0 Å². The number of nitrogens with zero attached hydrogens (tertiary/aromatic N) is 1. The van der Waals surface area contributed by atoms with Gasteiger partial charge in [-0.3, -0.25) is 4.98 Å². The van der Waals surface area contributed by atoms with E-state index in [2.05, 4.69) is 50.1 Å². The Hall–Kier alpha value is -0.890. The first-order chi connectivity index (χ1) is 6.61. The first-order valence-corrected chi connectivity index (χ1v) is 5.27. The van der Waals surface area contributed by atoms with E-state index in [0.717, 1.165) is 0 Å². The second kappa shape index (κ2) is 5.11. The second-order valence-electron chi connectivity index (χ2n) is 4.20. The summed E-state index contributed by atoms with van der Waals surface area (Å²) in [7, 11) is 0. The summed E-state index contributed by atoms with van der Waals surface area (Å²) >= 11 is 0. The maximum Gasteiger partial charge on any atom is 0.0295 e. The molecule has 0 unspecified atom stereocenters. The topological polar surface area (TPSA) is 24.9 Å². The highest BCUT2D eigenvalue weighted by Crippen LogP contribution is 2.13. The maximum absolute atomic E-state index is 4.01. The Labute approximate surface area is 86.8 Å². The molecular formula is C12H20N2. The Morgan fingerprint density at radius 2 is 1.64 bits per heavy atom. The predicted molar refractivity (Wildman–Crippen MR) is 60.1 cm³/mol. The summed E-state index contributed by atoms with van der Waals surface area (Å²) in [5.41, 5.74) is 1.30. The van der Waals surface area contributed by atoms with Gasteiger partial charge in [-0.25, -0.2) is 0 Å². The predicted octanol–water partition coefficient (Wildman–Crippen LogP) is 2.78. The van der Waals surface area contributed by atoms with Gasteiger partial charge in [-0.2, -0.15) is 0 Å². The van der Waals surface area contributed by atoms with Gasteiger partial charge < -0.3 is 5.32 Å². The molecule has 0 amide bonds. The van der Waals surface area contributed by atoms with Gasteiger partial charge in [0.05, 0.1) is 0 Å². The van der Waals surface area contributed by atoms with Crippen LogP contribution in [0.25, 0.3) is 0 Å². The lowest BCUT2D eigenvalue weighted by atomic mass is 10.0. The van der Waals surface area contributed by atoms with Crippen molar-refractivity contribution in [2.75, 3.05) is 0 Å². The number of nitrogens with one attached hydrogen (secondary N) is 1. The van der Waals surface area contributed by atoms with Crippen molar-refractivity contribution in [3.05, 3.63) is 30.1 Å². The van der Waals surface area contributed by atoms with E-state index in [4.69, 9.17) is 0 Å². The summed E-state index contributed by atoms with van der Waals surface area (Å²) in [6, 6.07) is 5.06. The van der Waals surface area contributed by atoms with Crippen molar-refractivity contribution in [2.45, 2.75) is 39.8 Å². The van der Waals surface area contributed by atoms with Gasteiger partial charge in [0.15, 0.2) is 0 Å². The van der Waals surface area contributed by atoms with Crippen LogP contribution in [0.1, 0.15) is 39.3 Å². The average molecular weight is 192 g/mol. The maximum atomic E-state index is 4.01. The van der Waals surface area contributed by atoms with Crippen LogP contribution in [-0.4, -0.2) is 11.0 Å². The van der Waals surface area contributed by atoms with E-state index < -0.39 is 0 Å². The lowest BCUT2D eigenvalue weighted by molar-refractivity contribution is 0.389. The minimum Gasteiger partial charge on any atom is -0.307 e. The second-order valence-corrected chi connectivity index (χ2v) is 4.20. The van der Waals surface area contributed by atoms with Crippen molar-refractivity contribution < 1.29 is 0 Å². The summed E-state index contributed by atoms with van der Waals surface area (Å²) in [4.78, 5) is 4.01. The van der Waals surface area contributed by atoms with Crippen molar-refractivity contribution in [1.29, 1.82) is 0 Å². The van der Waals surface area contributed by atoms with Crippen molar-refractivity contribution in [3.63, 3.8) is 0 Å². The van der Waals surface area contributed by atoms with Crippen LogP contribution < -0.4 is 5.32 Å². The van der Waals surface area contributed by atoms with Gasteiger partial charge in [-0.1, -0.05) is 13.8 Å². The zero-order chi connectivity index (χ0) is 10.6. The van der Waals surface area contributed by atoms with E-state index in [9.17, 15) is 0 Å². The zero-order valence-corrected chi connectivity index (χ0v) is 9.49. The summed E-state index contributed by atoms with van der Waals surface area (Å²) in [6.07, 6.45) is 3.68. The Balaban J connectivity index is 2.55. The first-order valence-electron chi connectivity index (χ1n) is 5.27. The molecule has 1 aromatic heterocycles. The van der Waals surface area contributed by atoms with Crippen LogP contribution in [-0.2, 0) is 0 Å². The summed E-state index contributed by atoms with van der Waals surface area (Å²) in [5.74, 6) is 0.666. The molecule has 1 aromatic rings. The Bertz CT molecular complexity index is 256. The Morgan fingerprint density at radius 1 is 1.07 bits per heavy atom. The van der Waals surface area contributed by atoms with Crippen molar-refractivity contribution in [2.24, 2.45) is 5.92 Å². The van der Waals surface area contributed by atoms with E-state index in [1.54, 1.807) is 0 Å². The third kappa shape index (κ3) is 3.11. The number of pyridine rings is 1. The molecule has 0 radical (unpaired) electrons. The molecule has 1 N–H and O–H groups in total. The molecule has 0 aliphatic rings. The number of rotatable bonds is 4. The van der Waals surface area contributed by atoms with Crippen LogP contribution in [0.3, 0.4) is 0 Å². The average Bonchev–Trinajstić information content (AvgIpc) is 2.19. The fraction of sp³-hybridized carbons (Fsp3) is 0.583. The molecule has 1 rings (SSSR count). The Kier molecular flexibility index (Phi) is 4.08. The third-order valence-electron chi connectivity index (χ3n) is 2.72. The molecule has 0 spiro atoms. The minimum atomic E-state index is 0.399. The fourth-order valence-electron chi connectivity index (χ4n) is 1.34. The van der Waals surface area contributed by atoms with Gasteiger partial charge >= 0.3 is 0 Å². The van der Waals surface area contributed by atoms with Gasteiger partial charge in [-0.15, -0.1) is 0 Å². The fourth-order valence-corrected chi connectivity index (χ4v) is 1.34. The van der Waals surface area contributed by atoms with Crippen LogP contribution in [0, 0.1) is 5.92 Å². The van der Waals surface area contributed by atoms with Gasteiger partial charge in [0.1, 0.15) is 0 Å². The third-order valence-corrected chi connectivity index (χ3v) is 2.72. The van der Waals surface area contributed by atoms with Crippen LogP contribution in [0.15, 0.2) is 24.5 Å². The number of aromatic nitrogens is 1. The van der Waals surface area contributed by atoms with Gasteiger partial charge in [0.2, 0.25) is 0 Å². The van der Waals surface area contributed by atoms with Gasteiger partial charge in [0, 0.05) is 24.5 Å². The highest BCUT2D eigenvalue weighted by Gasteiger charge is 2.11. The molecule has 0 bridgehead atoms. The van der Waals surface area contributed by atoms with Crippen LogP contribution in [0.5, 0.6) is 0 Å². The lowest BCUT2D eigenvalue weighted by Gasteiger charge is -2.23. The molecule has 0 aliphatic carbocycles. The monoisotopic (exact) mass is 192 g/mol. The highest BCUT2D eigenvalue weighted by molar-refractivity contribution is 5.14. The zero-order valence-electron chi connectivity index (χ0n) is 9.49. The normalized spacial score (nSPS) is 15.5. The number of hydrogen-bond acceptors (Lipinski definition) is 2. The van der Waals surface area contributed by atoms with Crippen LogP contribution in [0.4, 0.5) is 0 Å². The van der Waals surface area contributed by atoms with Gasteiger partial charge in [-0.05, 0) is 37.5 Å². The number of hydrogen-bond donors (Lipinski definition) is 1. The quantitative estimate of drug-likeness (QED) is 0.793. The Morgan fingerprint density at radius 3 is 2.14 bits per heavy atom. The molecule has 1 heterocycles. The summed E-state index contributed by atoms with van der Waals surface area (Å²) in [5, 5.41) is 3.57. The van der Waals surface area contributed by atoms with Crippen molar-refractivity contribution >= 4 is 0 Å². The van der Waals surface area contributed by atoms with E-state index in [-0.39, 0.29) is 0 Å². The van der Waals surface area contributed by atoms with Crippen molar-refractivity contribution in [1.82, 2.24) is 10.3 Å². The molecule has 2 atom stereocenters.